The van der Waals surface area contributed by atoms with Gasteiger partial charge in [0.15, 0.2) is 0 Å². The number of carbonyl (C=O) groups is 1. The van der Waals surface area contributed by atoms with Crippen molar-refractivity contribution in [1.82, 2.24) is 0 Å². The molecule has 0 aromatic rings. The van der Waals surface area contributed by atoms with Crippen LogP contribution >= 0.6 is 0 Å². The van der Waals surface area contributed by atoms with Crippen molar-refractivity contribution in [2.24, 2.45) is 11.8 Å². The number of carboxylic acid groups (broad SMARTS) is 1. The van der Waals surface area contributed by atoms with Gasteiger partial charge in [0.05, 0.1) is 5.92 Å². The average Bonchev–Trinajstić information content (AvgIpc) is 1.88. The molecule has 0 fully saturated rings. The molecular weight excluding hydrogens is 140 g/mol. The van der Waals surface area contributed by atoms with E-state index in [4.69, 9.17) is 5.11 Å². The van der Waals surface area contributed by atoms with E-state index >= 15 is 0 Å². The fourth-order valence-corrected chi connectivity index (χ4v) is 1.48. The quantitative estimate of drug-likeness (QED) is 0.667. The van der Waals surface area contributed by atoms with E-state index in [0.29, 0.717) is 5.92 Å². The summed E-state index contributed by atoms with van der Waals surface area (Å²) < 4.78 is 0. The fraction of sp³-hybridized carbons (Fsp3) is 0.889. The summed E-state index contributed by atoms with van der Waals surface area (Å²) >= 11 is 0. The Morgan fingerprint density at radius 2 is 2.00 bits per heavy atom. The first-order chi connectivity index (χ1) is 5.13. The van der Waals surface area contributed by atoms with Gasteiger partial charge in [-0.15, -0.1) is 0 Å². The van der Waals surface area contributed by atoms with E-state index in [1.54, 1.807) is 0 Å². The third-order valence-corrected chi connectivity index (χ3v) is 2.19. The van der Waals surface area contributed by atoms with Gasteiger partial charge in [-0.05, 0) is 12.3 Å². The Hall–Kier alpha value is -0.530. The summed E-state index contributed by atoms with van der Waals surface area (Å²) in [5.74, 6) is -0.467. The van der Waals surface area contributed by atoms with Crippen LogP contribution in [0.4, 0.5) is 0 Å². The molecule has 0 aliphatic rings. The maximum absolute atomic E-state index is 10.6. The molecule has 0 aliphatic carbocycles. The van der Waals surface area contributed by atoms with Crippen LogP contribution in [-0.2, 0) is 4.79 Å². The maximum Gasteiger partial charge on any atom is 0.306 e. The Labute approximate surface area is 68.6 Å². The van der Waals surface area contributed by atoms with E-state index in [-0.39, 0.29) is 5.92 Å². The van der Waals surface area contributed by atoms with Gasteiger partial charge in [0.25, 0.3) is 0 Å². The number of aliphatic carboxylic acids is 1. The van der Waals surface area contributed by atoms with Crippen LogP contribution in [0.25, 0.3) is 0 Å². The van der Waals surface area contributed by atoms with E-state index in [2.05, 4.69) is 6.92 Å². The van der Waals surface area contributed by atoms with Crippen molar-refractivity contribution in [3.8, 4) is 0 Å². The molecule has 0 saturated carbocycles. The second-order valence-electron chi connectivity index (χ2n) is 3.12. The second-order valence-corrected chi connectivity index (χ2v) is 3.12. The van der Waals surface area contributed by atoms with Gasteiger partial charge in [0.1, 0.15) is 0 Å². The van der Waals surface area contributed by atoms with Crippen LogP contribution in [0.1, 0.15) is 40.0 Å². The van der Waals surface area contributed by atoms with Gasteiger partial charge in [-0.3, -0.25) is 4.79 Å². The number of hydrogen-bond acceptors (Lipinski definition) is 1. The van der Waals surface area contributed by atoms with Crippen molar-refractivity contribution >= 4 is 5.97 Å². The monoisotopic (exact) mass is 158 g/mol. The highest BCUT2D eigenvalue weighted by molar-refractivity contribution is 5.70. The van der Waals surface area contributed by atoms with Crippen LogP contribution < -0.4 is 0 Å². The Balaban J connectivity index is 3.91. The normalized spacial score (nSPS) is 15.9. The molecule has 11 heavy (non-hydrogen) atoms. The lowest BCUT2D eigenvalue weighted by molar-refractivity contribution is -0.143. The zero-order valence-electron chi connectivity index (χ0n) is 7.63. The molecule has 0 radical (unpaired) electrons. The van der Waals surface area contributed by atoms with Crippen LogP contribution in [0, 0.1) is 11.8 Å². The summed E-state index contributed by atoms with van der Waals surface area (Å²) in [5.41, 5.74) is 0. The molecule has 0 rings (SSSR count). The Morgan fingerprint density at radius 1 is 1.45 bits per heavy atom. The number of rotatable bonds is 5. The molecule has 66 valence electrons. The molecule has 2 nitrogen and oxygen atoms in total. The first-order valence-corrected chi connectivity index (χ1v) is 4.36. The van der Waals surface area contributed by atoms with Crippen molar-refractivity contribution in [2.75, 3.05) is 0 Å². The molecule has 0 spiro atoms. The first kappa shape index (κ1) is 10.5. The standard InChI is InChI=1S/C9H18O2/c1-4-6-7(3)8(5-2)9(10)11/h7-8H,4-6H2,1-3H3,(H,10,11). The summed E-state index contributed by atoms with van der Waals surface area (Å²) in [6.45, 7) is 6.04. The summed E-state index contributed by atoms with van der Waals surface area (Å²) in [5, 5.41) is 8.77. The molecular formula is C9H18O2. The summed E-state index contributed by atoms with van der Waals surface area (Å²) in [4.78, 5) is 10.6. The highest BCUT2D eigenvalue weighted by atomic mass is 16.4. The van der Waals surface area contributed by atoms with Gasteiger partial charge in [0, 0.05) is 0 Å². The predicted molar refractivity (Wildman–Crippen MR) is 45.5 cm³/mol. The van der Waals surface area contributed by atoms with Gasteiger partial charge in [-0.1, -0.05) is 33.6 Å². The van der Waals surface area contributed by atoms with E-state index in [0.717, 1.165) is 19.3 Å². The molecule has 0 amide bonds. The van der Waals surface area contributed by atoms with Crippen LogP contribution in [0.3, 0.4) is 0 Å². The minimum absolute atomic E-state index is 0.144. The van der Waals surface area contributed by atoms with Crippen LogP contribution in [0.15, 0.2) is 0 Å². The minimum Gasteiger partial charge on any atom is -0.481 e. The Kier molecular flexibility index (Phi) is 4.92. The zero-order chi connectivity index (χ0) is 8.85. The van der Waals surface area contributed by atoms with Crippen molar-refractivity contribution in [2.45, 2.75) is 40.0 Å². The zero-order valence-corrected chi connectivity index (χ0v) is 7.63. The largest absolute Gasteiger partial charge is 0.481 e. The van der Waals surface area contributed by atoms with Gasteiger partial charge in [-0.25, -0.2) is 0 Å². The van der Waals surface area contributed by atoms with Gasteiger partial charge in [-0.2, -0.15) is 0 Å². The molecule has 0 aromatic carbocycles. The smallest absolute Gasteiger partial charge is 0.306 e. The Morgan fingerprint density at radius 3 is 2.27 bits per heavy atom. The molecule has 0 heterocycles. The number of hydrogen-bond donors (Lipinski definition) is 1. The molecule has 2 atom stereocenters. The molecule has 2 unspecified atom stereocenters. The summed E-state index contributed by atoms with van der Waals surface area (Å²) in [7, 11) is 0. The van der Waals surface area contributed by atoms with Crippen molar-refractivity contribution in [3.63, 3.8) is 0 Å². The third-order valence-electron chi connectivity index (χ3n) is 2.19. The minimum atomic E-state index is -0.645. The van der Waals surface area contributed by atoms with Crippen molar-refractivity contribution in [3.05, 3.63) is 0 Å². The highest BCUT2D eigenvalue weighted by Gasteiger charge is 2.21. The van der Waals surface area contributed by atoms with Crippen molar-refractivity contribution < 1.29 is 9.90 Å². The fourth-order valence-electron chi connectivity index (χ4n) is 1.48. The second kappa shape index (κ2) is 5.16. The lowest BCUT2D eigenvalue weighted by Gasteiger charge is -2.17. The predicted octanol–water partition coefficient (Wildman–Crippen LogP) is 2.53. The molecule has 0 aliphatic heterocycles. The van der Waals surface area contributed by atoms with Crippen LogP contribution in [0.2, 0.25) is 0 Å². The van der Waals surface area contributed by atoms with E-state index in [1.165, 1.54) is 0 Å². The van der Waals surface area contributed by atoms with Crippen LogP contribution in [-0.4, -0.2) is 11.1 Å². The van der Waals surface area contributed by atoms with Crippen molar-refractivity contribution in [1.29, 1.82) is 0 Å². The first-order valence-electron chi connectivity index (χ1n) is 4.36. The summed E-state index contributed by atoms with van der Waals surface area (Å²) in [6.07, 6.45) is 2.84. The Bertz CT molecular complexity index is 121. The van der Waals surface area contributed by atoms with E-state index < -0.39 is 5.97 Å². The topological polar surface area (TPSA) is 37.3 Å². The molecule has 0 bridgehead atoms. The highest BCUT2D eigenvalue weighted by Crippen LogP contribution is 2.20. The molecule has 2 heteroatoms. The average molecular weight is 158 g/mol. The summed E-state index contributed by atoms with van der Waals surface area (Å²) in [6, 6.07) is 0. The van der Waals surface area contributed by atoms with E-state index in [9.17, 15) is 4.79 Å². The van der Waals surface area contributed by atoms with Gasteiger partial charge in [0.2, 0.25) is 0 Å². The molecule has 0 aromatic heterocycles. The third kappa shape index (κ3) is 3.40. The lowest BCUT2D eigenvalue weighted by atomic mass is 9.88. The molecule has 0 saturated heterocycles. The van der Waals surface area contributed by atoms with E-state index in [1.807, 2.05) is 13.8 Å². The van der Waals surface area contributed by atoms with Gasteiger partial charge >= 0.3 is 5.97 Å². The lowest BCUT2D eigenvalue weighted by Crippen LogP contribution is -2.20. The molecule has 1 N–H and O–H groups in total. The van der Waals surface area contributed by atoms with Crippen LogP contribution in [0.5, 0.6) is 0 Å². The number of carboxylic acids is 1. The SMILES string of the molecule is CCCC(C)C(CC)C(=O)O. The van der Waals surface area contributed by atoms with Gasteiger partial charge < -0.3 is 5.11 Å². The maximum atomic E-state index is 10.6.